The first-order chi connectivity index (χ1) is 14.2. The Kier molecular flexibility index (Phi) is 6.16. The zero-order chi connectivity index (χ0) is 20.2. The highest BCUT2D eigenvalue weighted by atomic mass is 32.1. The first-order valence-corrected chi connectivity index (χ1v) is 10.9. The van der Waals surface area contributed by atoms with Crippen molar-refractivity contribution in [1.82, 2.24) is 9.80 Å². The van der Waals surface area contributed by atoms with Gasteiger partial charge in [-0.2, -0.15) is 0 Å². The lowest BCUT2D eigenvalue weighted by Gasteiger charge is -2.37. The number of hydrogen-bond donors (Lipinski definition) is 0. The highest BCUT2D eigenvalue weighted by Crippen LogP contribution is 2.34. The molecule has 1 atom stereocenters. The zero-order valence-electron chi connectivity index (χ0n) is 16.6. The standard InChI is InChI=1S/C22H26N2O4S/c1-27-15-22(26)24(16-7-8-16)13-21(25)23-11-9-20-18(10-12-29-20)19(23)14-28-17-5-3-2-4-6-17/h2-6,10,12,16,19H,7-9,11,13-15H2,1H3. The van der Waals surface area contributed by atoms with E-state index in [9.17, 15) is 9.59 Å². The van der Waals surface area contributed by atoms with Gasteiger partial charge in [-0.3, -0.25) is 9.59 Å². The Bertz CT molecular complexity index is 850. The summed E-state index contributed by atoms with van der Waals surface area (Å²) in [7, 11) is 1.50. The van der Waals surface area contributed by atoms with Crippen LogP contribution in [0.25, 0.3) is 0 Å². The molecular formula is C22H26N2O4S. The lowest BCUT2D eigenvalue weighted by atomic mass is 10.0. The number of hydrogen-bond acceptors (Lipinski definition) is 5. The van der Waals surface area contributed by atoms with Crippen LogP contribution in [0, 0.1) is 0 Å². The third-order valence-corrected chi connectivity index (χ3v) is 6.44. The first-order valence-electron chi connectivity index (χ1n) is 9.99. The van der Waals surface area contributed by atoms with E-state index in [2.05, 4.69) is 11.4 Å². The van der Waals surface area contributed by atoms with E-state index in [1.54, 1.807) is 16.2 Å². The molecule has 0 spiro atoms. The smallest absolute Gasteiger partial charge is 0.249 e. The number of nitrogens with zero attached hydrogens (tertiary/aromatic N) is 2. The molecule has 2 heterocycles. The number of thiophene rings is 1. The summed E-state index contributed by atoms with van der Waals surface area (Å²) < 4.78 is 11.0. The van der Waals surface area contributed by atoms with Crippen LogP contribution in [-0.2, 0) is 20.7 Å². The average Bonchev–Trinajstić information content (AvgIpc) is 3.46. The van der Waals surface area contributed by atoms with Gasteiger partial charge >= 0.3 is 0 Å². The van der Waals surface area contributed by atoms with Gasteiger partial charge in [-0.05, 0) is 48.4 Å². The summed E-state index contributed by atoms with van der Waals surface area (Å²) in [6, 6.07) is 11.8. The maximum absolute atomic E-state index is 13.2. The molecular weight excluding hydrogens is 388 g/mol. The minimum absolute atomic E-state index is 0.0129. The first kappa shape index (κ1) is 19.9. The number of methoxy groups -OCH3 is 1. The molecule has 0 N–H and O–H groups in total. The molecule has 4 rings (SSSR count). The summed E-state index contributed by atoms with van der Waals surface area (Å²) in [5.41, 5.74) is 1.16. The second-order valence-corrected chi connectivity index (χ2v) is 8.46. The Labute approximate surface area is 175 Å². The second-order valence-electron chi connectivity index (χ2n) is 7.46. The molecule has 0 bridgehead atoms. The van der Waals surface area contributed by atoms with Gasteiger partial charge in [-0.25, -0.2) is 0 Å². The van der Waals surface area contributed by atoms with E-state index in [4.69, 9.17) is 9.47 Å². The summed E-state index contributed by atoms with van der Waals surface area (Å²) in [5, 5.41) is 2.08. The summed E-state index contributed by atoms with van der Waals surface area (Å²) in [6.45, 7) is 1.16. The fourth-order valence-electron chi connectivity index (χ4n) is 3.82. The summed E-state index contributed by atoms with van der Waals surface area (Å²) in [6.07, 6.45) is 2.76. The molecule has 1 unspecified atom stereocenters. The van der Waals surface area contributed by atoms with E-state index in [-0.39, 0.29) is 37.0 Å². The van der Waals surface area contributed by atoms with Gasteiger partial charge in [-0.1, -0.05) is 18.2 Å². The molecule has 2 aliphatic rings. The van der Waals surface area contributed by atoms with Crippen molar-refractivity contribution in [2.45, 2.75) is 31.3 Å². The van der Waals surface area contributed by atoms with Gasteiger partial charge < -0.3 is 19.3 Å². The molecule has 0 radical (unpaired) electrons. The largest absolute Gasteiger partial charge is 0.491 e. The van der Waals surface area contributed by atoms with Gasteiger partial charge in [-0.15, -0.1) is 11.3 Å². The summed E-state index contributed by atoms with van der Waals surface area (Å²) >= 11 is 1.73. The van der Waals surface area contributed by atoms with Crippen molar-refractivity contribution in [3.63, 3.8) is 0 Å². The van der Waals surface area contributed by atoms with Crippen molar-refractivity contribution >= 4 is 23.2 Å². The quantitative estimate of drug-likeness (QED) is 0.667. The van der Waals surface area contributed by atoms with Crippen LogP contribution >= 0.6 is 11.3 Å². The van der Waals surface area contributed by atoms with Gasteiger partial charge in [0.15, 0.2) is 0 Å². The van der Waals surface area contributed by atoms with Crippen molar-refractivity contribution < 1.29 is 19.1 Å². The number of benzene rings is 1. The Morgan fingerprint density at radius 1 is 1.21 bits per heavy atom. The fraction of sp³-hybridized carbons (Fsp3) is 0.455. The van der Waals surface area contributed by atoms with Crippen LogP contribution in [0.4, 0.5) is 0 Å². The highest BCUT2D eigenvalue weighted by molar-refractivity contribution is 7.10. The third-order valence-electron chi connectivity index (χ3n) is 5.45. The molecule has 7 heteroatoms. The van der Waals surface area contributed by atoms with Crippen LogP contribution in [-0.4, -0.2) is 61.1 Å². The third kappa shape index (κ3) is 4.62. The monoisotopic (exact) mass is 414 g/mol. The maximum Gasteiger partial charge on any atom is 0.249 e. The molecule has 2 aromatic rings. The summed E-state index contributed by atoms with van der Waals surface area (Å²) in [4.78, 5) is 30.5. The predicted molar refractivity (Wildman–Crippen MR) is 111 cm³/mol. The SMILES string of the molecule is COCC(=O)N(CC(=O)N1CCc2sccc2C1COc1ccccc1)C1CC1. The Hall–Kier alpha value is -2.38. The van der Waals surface area contributed by atoms with Crippen molar-refractivity contribution in [2.24, 2.45) is 0 Å². The predicted octanol–water partition coefficient (Wildman–Crippen LogP) is 2.89. The van der Waals surface area contributed by atoms with Gasteiger partial charge in [0.1, 0.15) is 25.5 Å². The molecule has 6 nitrogen and oxygen atoms in total. The van der Waals surface area contributed by atoms with Gasteiger partial charge in [0, 0.05) is 24.6 Å². The highest BCUT2D eigenvalue weighted by Gasteiger charge is 2.37. The molecule has 1 saturated carbocycles. The molecule has 1 aliphatic heterocycles. The van der Waals surface area contributed by atoms with Crippen molar-refractivity contribution in [1.29, 1.82) is 0 Å². The van der Waals surface area contributed by atoms with Crippen LogP contribution in [0.1, 0.15) is 29.3 Å². The molecule has 2 amide bonds. The molecule has 1 aromatic heterocycles. The average molecular weight is 415 g/mol. The molecule has 154 valence electrons. The number of fused-ring (bicyclic) bond motifs is 1. The van der Waals surface area contributed by atoms with Gasteiger partial charge in [0.25, 0.3) is 0 Å². The molecule has 29 heavy (non-hydrogen) atoms. The van der Waals surface area contributed by atoms with Crippen molar-refractivity contribution in [3.05, 3.63) is 52.2 Å². The molecule has 0 saturated heterocycles. The Balaban J connectivity index is 1.49. The Morgan fingerprint density at radius 3 is 2.72 bits per heavy atom. The molecule has 1 aromatic carbocycles. The van der Waals surface area contributed by atoms with E-state index in [0.29, 0.717) is 13.2 Å². The van der Waals surface area contributed by atoms with Gasteiger partial charge in [0.05, 0.1) is 6.04 Å². The molecule has 1 fully saturated rings. The van der Waals surface area contributed by atoms with Crippen LogP contribution in [0.3, 0.4) is 0 Å². The van der Waals surface area contributed by atoms with E-state index in [0.717, 1.165) is 30.6 Å². The van der Waals surface area contributed by atoms with Crippen LogP contribution in [0.15, 0.2) is 41.8 Å². The fourth-order valence-corrected chi connectivity index (χ4v) is 4.74. The van der Waals surface area contributed by atoms with E-state index < -0.39 is 0 Å². The normalized spacial score (nSPS) is 18.2. The van der Waals surface area contributed by atoms with E-state index in [1.807, 2.05) is 35.2 Å². The van der Waals surface area contributed by atoms with Crippen LogP contribution < -0.4 is 4.74 Å². The summed E-state index contributed by atoms with van der Waals surface area (Å²) in [5.74, 6) is 0.644. The zero-order valence-corrected chi connectivity index (χ0v) is 17.4. The lowest BCUT2D eigenvalue weighted by Crippen LogP contribution is -2.49. The minimum atomic E-state index is -0.142. The molecule has 1 aliphatic carbocycles. The van der Waals surface area contributed by atoms with Crippen molar-refractivity contribution in [3.8, 4) is 5.75 Å². The van der Waals surface area contributed by atoms with E-state index in [1.165, 1.54) is 12.0 Å². The number of rotatable bonds is 8. The lowest BCUT2D eigenvalue weighted by molar-refractivity contribution is -0.145. The van der Waals surface area contributed by atoms with Crippen LogP contribution in [0.5, 0.6) is 5.75 Å². The number of ether oxygens (including phenoxy) is 2. The topological polar surface area (TPSA) is 59.1 Å². The number of carbonyl (C=O) groups is 2. The van der Waals surface area contributed by atoms with E-state index >= 15 is 0 Å². The number of para-hydroxylation sites is 1. The van der Waals surface area contributed by atoms with Crippen LogP contribution in [0.2, 0.25) is 0 Å². The van der Waals surface area contributed by atoms with Crippen molar-refractivity contribution in [2.75, 3.05) is 33.4 Å². The minimum Gasteiger partial charge on any atom is -0.491 e. The Morgan fingerprint density at radius 2 is 2.00 bits per heavy atom. The number of carbonyl (C=O) groups excluding carboxylic acids is 2. The second kappa shape index (κ2) is 8.97. The maximum atomic E-state index is 13.2. The van der Waals surface area contributed by atoms with Gasteiger partial charge in [0.2, 0.25) is 11.8 Å². The number of amides is 2.